The van der Waals surface area contributed by atoms with Gasteiger partial charge in [-0.25, -0.2) is 4.79 Å². The van der Waals surface area contributed by atoms with Gasteiger partial charge in [-0.3, -0.25) is 0 Å². The van der Waals surface area contributed by atoms with Crippen molar-refractivity contribution in [2.45, 2.75) is 64.9 Å². The molecule has 0 spiro atoms. The van der Waals surface area contributed by atoms with Crippen LogP contribution in [-0.2, 0) is 4.74 Å². The smallest absolute Gasteiger partial charge is 0.407 e. The first-order valence-corrected chi connectivity index (χ1v) is 8.02. The molecule has 0 atom stereocenters. The molecule has 0 saturated heterocycles. The molecular weight excluding hydrogens is 294 g/mol. The maximum absolute atomic E-state index is 11.4. The molecule has 0 unspecified atom stereocenters. The van der Waals surface area contributed by atoms with Gasteiger partial charge in [0.25, 0.3) is 0 Å². The summed E-state index contributed by atoms with van der Waals surface area (Å²) < 4.78 is 5.18. The molecule has 1 N–H and O–H groups in total. The minimum Gasteiger partial charge on any atom is -0.444 e. The molecule has 0 heterocycles. The van der Waals surface area contributed by atoms with E-state index in [0.29, 0.717) is 12.0 Å². The Morgan fingerprint density at radius 2 is 2.00 bits per heavy atom. The molecule has 3 nitrogen and oxygen atoms in total. The lowest BCUT2D eigenvalue weighted by Crippen LogP contribution is -2.33. The van der Waals surface area contributed by atoms with Gasteiger partial charge >= 0.3 is 6.09 Å². The van der Waals surface area contributed by atoms with Crippen molar-refractivity contribution in [2.75, 3.05) is 11.9 Å². The van der Waals surface area contributed by atoms with Crippen LogP contribution in [0.15, 0.2) is 0 Å². The molecule has 0 aromatic rings. The van der Waals surface area contributed by atoms with Crippen molar-refractivity contribution in [1.29, 1.82) is 0 Å². The fraction of sp³-hybridized carbons (Fsp3) is 0.929. The minimum absolute atomic E-state index is 0.304. The van der Waals surface area contributed by atoms with Crippen molar-refractivity contribution < 1.29 is 9.53 Å². The molecule has 0 aromatic carbocycles. The van der Waals surface area contributed by atoms with Crippen LogP contribution in [0, 0.1) is 5.41 Å². The molecular formula is C14H26BrNO2. The standard InChI is InChI=1S/C14H26BrNO2/c1-13(2,3)18-12(17)16-10-5-4-7-14(11-15)8-6-9-14/h4-11H2,1-3H3,(H,16,17). The van der Waals surface area contributed by atoms with Gasteiger partial charge in [-0.15, -0.1) is 0 Å². The van der Waals surface area contributed by atoms with Gasteiger partial charge in [0.15, 0.2) is 0 Å². The Morgan fingerprint density at radius 1 is 1.33 bits per heavy atom. The highest BCUT2D eigenvalue weighted by molar-refractivity contribution is 9.09. The predicted molar refractivity (Wildman–Crippen MR) is 78.2 cm³/mol. The first-order chi connectivity index (χ1) is 8.37. The van der Waals surface area contributed by atoms with Gasteiger partial charge in [0, 0.05) is 11.9 Å². The van der Waals surface area contributed by atoms with Gasteiger partial charge in [0.05, 0.1) is 0 Å². The summed E-state index contributed by atoms with van der Waals surface area (Å²) in [5.74, 6) is 0. The Bertz CT molecular complexity index is 264. The molecule has 106 valence electrons. The van der Waals surface area contributed by atoms with Gasteiger partial charge in [-0.2, -0.15) is 0 Å². The molecule has 0 aromatic heterocycles. The average Bonchev–Trinajstić information content (AvgIpc) is 2.18. The topological polar surface area (TPSA) is 38.3 Å². The zero-order chi connectivity index (χ0) is 13.6. The van der Waals surface area contributed by atoms with Crippen molar-refractivity contribution in [3.05, 3.63) is 0 Å². The molecule has 1 saturated carbocycles. The fourth-order valence-electron chi connectivity index (χ4n) is 2.26. The molecule has 1 fully saturated rings. The van der Waals surface area contributed by atoms with Crippen LogP contribution < -0.4 is 5.32 Å². The lowest BCUT2D eigenvalue weighted by Gasteiger charge is -2.40. The Balaban J connectivity index is 2.03. The summed E-state index contributed by atoms with van der Waals surface area (Å²) in [6.07, 6.45) is 7.28. The molecule has 1 aliphatic carbocycles. The predicted octanol–water partition coefficient (Wildman–Crippen LogP) is 4.25. The van der Waals surface area contributed by atoms with Gasteiger partial charge in [-0.05, 0) is 51.9 Å². The van der Waals surface area contributed by atoms with Crippen LogP contribution in [0.4, 0.5) is 4.79 Å². The summed E-state index contributed by atoms with van der Waals surface area (Å²) in [5, 5.41) is 3.93. The van der Waals surface area contributed by atoms with E-state index >= 15 is 0 Å². The van der Waals surface area contributed by atoms with E-state index in [1.807, 2.05) is 20.8 Å². The van der Waals surface area contributed by atoms with Crippen molar-refractivity contribution in [1.82, 2.24) is 5.32 Å². The number of carbonyl (C=O) groups is 1. The van der Waals surface area contributed by atoms with E-state index in [9.17, 15) is 4.79 Å². The minimum atomic E-state index is -0.407. The maximum Gasteiger partial charge on any atom is 0.407 e. The second-order valence-corrected chi connectivity index (χ2v) is 6.93. The number of halogens is 1. The van der Waals surface area contributed by atoms with Crippen LogP contribution in [0.5, 0.6) is 0 Å². The molecule has 4 heteroatoms. The van der Waals surface area contributed by atoms with Crippen LogP contribution >= 0.6 is 15.9 Å². The summed E-state index contributed by atoms with van der Waals surface area (Å²) in [6, 6.07) is 0. The van der Waals surface area contributed by atoms with E-state index in [0.717, 1.165) is 11.8 Å². The SMILES string of the molecule is CC(C)(C)OC(=O)NCCCCC1(CBr)CCC1. The monoisotopic (exact) mass is 319 g/mol. The molecule has 1 aliphatic rings. The maximum atomic E-state index is 11.4. The lowest BCUT2D eigenvalue weighted by atomic mass is 9.67. The fourth-order valence-corrected chi connectivity index (χ4v) is 3.10. The van der Waals surface area contributed by atoms with Crippen LogP contribution in [0.1, 0.15) is 59.3 Å². The lowest BCUT2D eigenvalue weighted by molar-refractivity contribution is 0.0526. The highest BCUT2D eigenvalue weighted by atomic mass is 79.9. The van der Waals surface area contributed by atoms with E-state index in [2.05, 4.69) is 21.2 Å². The molecule has 0 bridgehead atoms. The normalized spacial score (nSPS) is 18.0. The van der Waals surface area contributed by atoms with Crippen molar-refractivity contribution >= 4 is 22.0 Å². The van der Waals surface area contributed by atoms with Gasteiger partial charge in [-0.1, -0.05) is 28.8 Å². The summed E-state index contributed by atoms with van der Waals surface area (Å²) in [5.41, 5.74) is 0.155. The zero-order valence-electron chi connectivity index (χ0n) is 11.9. The van der Waals surface area contributed by atoms with E-state index in [-0.39, 0.29) is 6.09 Å². The number of hydrogen-bond donors (Lipinski definition) is 1. The van der Waals surface area contributed by atoms with Crippen molar-refractivity contribution in [3.63, 3.8) is 0 Å². The number of ether oxygens (including phenoxy) is 1. The Kier molecular flexibility index (Phi) is 5.96. The highest BCUT2D eigenvalue weighted by Gasteiger charge is 2.34. The summed E-state index contributed by atoms with van der Waals surface area (Å²) in [4.78, 5) is 11.4. The third-order valence-corrected chi connectivity index (χ3v) is 4.69. The highest BCUT2D eigenvalue weighted by Crippen LogP contribution is 2.46. The van der Waals surface area contributed by atoms with Crippen molar-refractivity contribution in [2.24, 2.45) is 5.41 Å². The third kappa shape index (κ3) is 5.59. The molecule has 1 rings (SSSR count). The number of amides is 1. The molecule has 18 heavy (non-hydrogen) atoms. The van der Waals surface area contributed by atoms with Crippen molar-refractivity contribution in [3.8, 4) is 0 Å². The number of carbonyl (C=O) groups excluding carboxylic acids is 1. The second kappa shape index (κ2) is 6.78. The summed E-state index contributed by atoms with van der Waals surface area (Å²) in [7, 11) is 0. The Morgan fingerprint density at radius 3 is 2.44 bits per heavy atom. The third-order valence-electron chi connectivity index (χ3n) is 3.50. The number of rotatable bonds is 6. The molecule has 1 amide bonds. The molecule has 0 aliphatic heterocycles. The number of nitrogens with one attached hydrogen (secondary N) is 1. The first kappa shape index (κ1) is 15.8. The number of unbranched alkanes of at least 4 members (excludes halogenated alkanes) is 1. The van der Waals surface area contributed by atoms with Gasteiger partial charge < -0.3 is 10.1 Å². The quantitative estimate of drug-likeness (QED) is 0.587. The first-order valence-electron chi connectivity index (χ1n) is 6.90. The van der Waals surface area contributed by atoms with Gasteiger partial charge in [0.1, 0.15) is 5.60 Å². The Hall–Kier alpha value is -0.250. The van der Waals surface area contributed by atoms with Crippen LogP contribution in [0.2, 0.25) is 0 Å². The number of alkyl carbamates (subject to hydrolysis) is 1. The largest absolute Gasteiger partial charge is 0.444 e. The summed E-state index contributed by atoms with van der Waals surface area (Å²) >= 11 is 3.62. The number of hydrogen-bond acceptors (Lipinski definition) is 2. The van der Waals surface area contributed by atoms with Crippen LogP contribution in [-0.4, -0.2) is 23.6 Å². The van der Waals surface area contributed by atoms with Crippen LogP contribution in [0.25, 0.3) is 0 Å². The zero-order valence-corrected chi connectivity index (χ0v) is 13.4. The van der Waals surface area contributed by atoms with E-state index in [1.54, 1.807) is 0 Å². The van der Waals surface area contributed by atoms with Gasteiger partial charge in [0.2, 0.25) is 0 Å². The molecule has 0 radical (unpaired) electrons. The number of alkyl halides is 1. The Labute approximate surface area is 119 Å². The van der Waals surface area contributed by atoms with Crippen LogP contribution in [0.3, 0.4) is 0 Å². The van der Waals surface area contributed by atoms with E-state index < -0.39 is 5.60 Å². The average molecular weight is 320 g/mol. The second-order valence-electron chi connectivity index (χ2n) is 6.37. The van der Waals surface area contributed by atoms with E-state index in [1.165, 1.54) is 32.1 Å². The van der Waals surface area contributed by atoms with E-state index in [4.69, 9.17) is 4.74 Å². The summed E-state index contributed by atoms with van der Waals surface area (Å²) in [6.45, 7) is 6.35.